The number of hydrogen-bond donors (Lipinski definition) is 2. The zero-order chi connectivity index (χ0) is 13.8. The molecule has 0 aliphatic heterocycles. The van der Waals surface area contributed by atoms with Gasteiger partial charge in [0.1, 0.15) is 0 Å². The Balaban J connectivity index is 2.24. The molecule has 0 unspecified atom stereocenters. The van der Waals surface area contributed by atoms with Gasteiger partial charge in [0.2, 0.25) is 0 Å². The minimum absolute atomic E-state index is 0.105. The van der Waals surface area contributed by atoms with Gasteiger partial charge in [-0.05, 0) is 26.8 Å². The van der Waals surface area contributed by atoms with Crippen molar-refractivity contribution in [1.29, 1.82) is 0 Å². The number of nitrogens with zero attached hydrogens (tertiary/aromatic N) is 1. The lowest BCUT2D eigenvalue weighted by atomic mass is 10.1. The molecule has 1 aromatic heterocycles. The van der Waals surface area contributed by atoms with Crippen LogP contribution in [0.2, 0.25) is 0 Å². The van der Waals surface area contributed by atoms with Crippen LogP contribution in [0.15, 0.2) is 29.6 Å². The Hall–Kier alpha value is -1.88. The van der Waals surface area contributed by atoms with Gasteiger partial charge >= 0.3 is 6.03 Å². The summed E-state index contributed by atoms with van der Waals surface area (Å²) in [4.78, 5) is 16.2. The predicted molar refractivity (Wildman–Crippen MR) is 79.6 cm³/mol. The second-order valence-corrected chi connectivity index (χ2v) is 5.61. The molecule has 2 amide bonds. The van der Waals surface area contributed by atoms with Crippen LogP contribution in [0.5, 0.6) is 0 Å². The van der Waals surface area contributed by atoms with Gasteiger partial charge in [0.05, 0.1) is 16.4 Å². The molecule has 0 atom stereocenters. The molecular formula is C14H17N3OS. The Labute approximate surface area is 116 Å². The van der Waals surface area contributed by atoms with Gasteiger partial charge in [-0.15, -0.1) is 11.3 Å². The lowest BCUT2D eigenvalue weighted by Crippen LogP contribution is -2.34. The lowest BCUT2D eigenvalue weighted by molar-refractivity contribution is 0.250. The zero-order valence-electron chi connectivity index (χ0n) is 11.2. The van der Waals surface area contributed by atoms with Crippen molar-refractivity contribution in [2.75, 3.05) is 5.32 Å². The number of aryl methyl sites for hydroxylation is 1. The molecular weight excluding hydrogens is 258 g/mol. The van der Waals surface area contributed by atoms with Crippen molar-refractivity contribution in [2.45, 2.75) is 26.8 Å². The number of carbonyl (C=O) groups is 1. The maximum atomic E-state index is 11.8. The number of hydrogen-bond acceptors (Lipinski definition) is 3. The van der Waals surface area contributed by atoms with E-state index in [4.69, 9.17) is 0 Å². The SMILES string of the molecule is Cc1nc(-c2ccccc2NC(=O)NC(C)C)cs1. The van der Waals surface area contributed by atoms with Gasteiger partial charge in [0.15, 0.2) is 0 Å². The van der Waals surface area contributed by atoms with E-state index in [0.717, 1.165) is 22.0 Å². The van der Waals surface area contributed by atoms with Crippen molar-refractivity contribution < 1.29 is 4.79 Å². The fourth-order valence-corrected chi connectivity index (χ4v) is 2.34. The van der Waals surface area contributed by atoms with Crippen molar-refractivity contribution in [2.24, 2.45) is 0 Å². The molecule has 5 heteroatoms. The van der Waals surface area contributed by atoms with Crippen molar-refractivity contribution >= 4 is 23.1 Å². The van der Waals surface area contributed by atoms with Gasteiger partial charge in [-0.25, -0.2) is 9.78 Å². The molecule has 2 aromatic rings. The van der Waals surface area contributed by atoms with Crippen LogP contribution in [-0.4, -0.2) is 17.1 Å². The summed E-state index contributed by atoms with van der Waals surface area (Å²) in [6.45, 7) is 5.82. The van der Waals surface area contributed by atoms with Gasteiger partial charge in [-0.1, -0.05) is 18.2 Å². The minimum atomic E-state index is -0.200. The first kappa shape index (κ1) is 13.5. The summed E-state index contributed by atoms with van der Waals surface area (Å²) < 4.78 is 0. The highest BCUT2D eigenvalue weighted by Crippen LogP contribution is 2.28. The maximum absolute atomic E-state index is 11.8. The molecule has 1 aromatic carbocycles. The Bertz CT molecular complexity index is 578. The summed E-state index contributed by atoms with van der Waals surface area (Å²) in [5.74, 6) is 0. The highest BCUT2D eigenvalue weighted by molar-refractivity contribution is 7.09. The van der Waals surface area contributed by atoms with Crippen molar-refractivity contribution in [3.63, 3.8) is 0 Å². The Morgan fingerprint density at radius 1 is 1.32 bits per heavy atom. The van der Waals surface area contributed by atoms with Crippen LogP contribution in [-0.2, 0) is 0 Å². The van der Waals surface area contributed by atoms with Gasteiger partial charge in [0, 0.05) is 17.0 Å². The molecule has 0 saturated heterocycles. The summed E-state index contributed by atoms with van der Waals surface area (Å²) in [6, 6.07) is 7.58. The third-order valence-electron chi connectivity index (χ3n) is 2.49. The number of rotatable bonds is 3. The van der Waals surface area contributed by atoms with Crippen molar-refractivity contribution in [3.05, 3.63) is 34.7 Å². The van der Waals surface area contributed by atoms with E-state index in [0.29, 0.717) is 0 Å². The molecule has 4 nitrogen and oxygen atoms in total. The summed E-state index contributed by atoms with van der Waals surface area (Å²) in [6.07, 6.45) is 0. The van der Waals surface area contributed by atoms with Gasteiger partial charge in [0.25, 0.3) is 0 Å². The topological polar surface area (TPSA) is 54.0 Å². The standard InChI is InChI=1S/C14H17N3OS/c1-9(2)15-14(18)17-12-7-5-4-6-11(12)13-8-19-10(3)16-13/h4-9H,1-3H3,(H2,15,17,18). The third kappa shape index (κ3) is 3.54. The third-order valence-corrected chi connectivity index (χ3v) is 3.26. The zero-order valence-corrected chi connectivity index (χ0v) is 12.0. The number of para-hydroxylation sites is 1. The van der Waals surface area contributed by atoms with Crippen molar-refractivity contribution in [1.82, 2.24) is 10.3 Å². The second kappa shape index (κ2) is 5.84. The predicted octanol–water partition coefficient (Wildman–Crippen LogP) is 3.65. The summed E-state index contributed by atoms with van der Waals surface area (Å²) in [7, 11) is 0. The molecule has 0 saturated carbocycles. The quantitative estimate of drug-likeness (QED) is 0.898. The fourth-order valence-electron chi connectivity index (χ4n) is 1.72. The normalized spacial score (nSPS) is 10.5. The van der Waals surface area contributed by atoms with E-state index < -0.39 is 0 Å². The highest BCUT2D eigenvalue weighted by atomic mass is 32.1. The monoisotopic (exact) mass is 275 g/mol. The minimum Gasteiger partial charge on any atom is -0.336 e. The molecule has 0 aliphatic rings. The summed E-state index contributed by atoms with van der Waals surface area (Å²) >= 11 is 1.60. The molecule has 2 rings (SSSR count). The molecule has 100 valence electrons. The van der Waals surface area contributed by atoms with Gasteiger partial charge in [-0.3, -0.25) is 0 Å². The Kier molecular flexibility index (Phi) is 4.16. The van der Waals surface area contributed by atoms with E-state index in [9.17, 15) is 4.79 Å². The summed E-state index contributed by atoms with van der Waals surface area (Å²) in [5.41, 5.74) is 2.60. The van der Waals surface area contributed by atoms with Gasteiger partial charge < -0.3 is 10.6 Å². The number of nitrogens with one attached hydrogen (secondary N) is 2. The van der Waals surface area contributed by atoms with E-state index in [1.54, 1.807) is 11.3 Å². The largest absolute Gasteiger partial charge is 0.336 e. The smallest absolute Gasteiger partial charge is 0.319 e. The number of thiazole rings is 1. The highest BCUT2D eigenvalue weighted by Gasteiger charge is 2.10. The first-order valence-electron chi connectivity index (χ1n) is 6.15. The van der Waals surface area contributed by atoms with Crippen molar-refractivity contribution in [3.8, 4) is 11.3 Å². The van der Waals surface area contributed by atoms with Crippen LogP contribution in [0.25, 0.3) is 11.3 Å². The molecule has 0 radical (unpaired) electrons. The average Bonchev–Trinajstić information content (AvgIpc) is 2.75. The molecule has 0 bridgehead atoms. The number of amides is 2. The number of urea groups is 1. The Morgan fingerprint density at radius 3 is 2.68 bits per heavy atom. The first-order valence-corrected chi connectivity index (χ1v) is 7.03. The molecule has 0 spiro atoms. The fraction of sp³-hybridized carbons (Fsp3) is 0.286. The van der Waals surface area contributed by atoms with E-state index in [1.807, 2.05) is 50.4 Å². The molecule has 1 heterocycles. The lowest BCUT2D eigenvalue weighted by Gasteiger charge is -2.12. The maximum Gasteiger partial charge on any atom is 0.319 e. The van der Waals surface area contributed by atoms with E-state index in [-0.39, 0.29) is 12.1 Å². The van der Waals surface area contributed by atoms with E-state index >= 15 is 0 Å². The number of benzene rings is 1. The average molecular weight is 275 g/mol. The van der Waals surface area contributed by atoms with Crippen LogP contribution >= 0.6 is 11.3 Å². The van der Waals surface area contributed by atoms with E-state index in [2.05, 4.69) is 15.6 Å². The first-order chi connectivity index (χ1) is 9.06. The van der Waals surface area contributed by atoms with Crippen LogP contribution in [0.4, 0.5) is 10.5 Å². The van der Waals surface area contributed by atoms with Gasteiger partial charge in [-0.2, -0.15) is 0 Å². The van der Waals surface area contributed by atoms with Crippen LogP contribution in [0.3, 0.4) is 0 Å². The molecule has 0 aliphatic carbocycles. The number of carbonyl (C=O) groups excluding carboxylic acids is 1. The van der Waals surface area contributed by atoms with Crippen LogP contribution < -0.4 is 10.6 Å². The van der Waals surface area contributed by atoms with Crippen LogP contribution in [0, 0.1) is 6.92 Å². The molecule has 2 N–H and O–H groups in total. The molecule has 19 heavy (non-hydrogen) atoms. The second-order valence-electron chi connectivity index (χ2n) is 4.55. The number of anilines is 1. The summed E-state index contributed by atoms with van der Waals surface area (Å²) in [5, 5.41) is 8.68. The van der Waals surface area contributed by atoms with Crippen LogP contribution in [0.1, 0.15) is 18.9 Å². The number of aromatic nitrogens is 1. The van der Waals surface area contributed by atoms with E-state index in [1.165, 1.54) is 0 Å². The molecule has 0 fully saturated rings. The Morgan fingerprint density at radius 2 is 2.05 bits per heavy atom.